The highest BCUT2D eigenvalue weighted by Crippen LogP contribution is 2.29. The largest absolute Gasteiger partial charge is 0.481 e. The van der Waals surface area contributed by atoms with E-state index in [0.717, 1.165) is 0 Å². The first-order chi connectivity index (χ1) is 9.32. The van der Waals surface area contributed by atoms with Crippen LogP contribution in [0.15, 0.2) is 18.2 Å². The van der Waals surface area contributed by atoms with E-state index in [1.54, 1.807) is 32.0 Å². The SMILES string of the molecule is CC(C)N(CCC(=O)O)C(=O)Nc1cccc(Cl)c1Cl. The van der Waals surface area contributed by atoms with E-state index in [0.29, 0.717) is 10.7 Å². The summed E-state index contributed by atoms with van der Waals surface area (Å²) in [6, 6.07) is 4.37. The maximum atomic E-state index is 12.2. The third-order valence-corrected chi connectivity index (χ3v) is 3.46. The molecule has 0 spiro atoms. The van der Waals surface area contributed by atoms with Gasteiger partial charge in [-0.2, -0.15) is 0 Å². The number of carbonyl (C=O) groups is 2. The Morgan fingerprint density at radius 1 is 1.35 bits per heavy atom. The topological polar surface area (TPSA) is 69.6 Å². The first kappa shape index (κ1) is 16.6. The normalized spacial score (nSPS) is 10.4. The monoisotopic (exact) mass is 318 g/mol. The molecule has 1 aromatic carbocycles. The van der Waals surface area contributed by atoms with Crippen LogP contribution in [-0.2, 0) is 4.79 Å². The molecule has 5 nitrogen and oxygen atoms in total. The minimum Gasteiger partial charge on any atom is -0.481 e. The van der Waals surface area contributed by atoms with E-state index in [2.05, 4.69) is 5.32 Å². The van der Waals surface area contributed by atoms with Crippen LogP contribution in [0.5, 0.6) is 0 Å². The van der Waals surface area contributed by atoms with Crippen LogP contribution in [0.25, 0.3) is 0 Å². The minimum absolute atomic E-state index is 0.116. The molecule has 0 unspecified atom stereocenters. The standard InChI is InChI=1S/C13H16Cl2N2O3/c1-8(2)17(7-6-11(18)19)13(20)16-10-5-3-4-9(14)12(10)15/h3-5,8H,6-7H2,1-2H3,(H,16,20)(H,18,19). The molecule has 0 atom stereocenters. The van der Waals surface area contributed by atoms with Crippen LogP contribution in [0.2, 0.25) is 10.0 Å². The zero-order chi connectivity index (χ0) is 15.3. The number of carboxylic acid groups (broad SMARTS) is 1. The fraction of sp³-hybridized carbons (Fsp3) is 0.385. The Kier molecular flexibility index (Phi) is 6.10. The first-order valence-corrected chi connectivity index (χ1v) is 6.82. The van der Waals surface area contributed by atoms with E-state index in [-0.39, 0.29) is 24.0 Å². The van der Waals surface area contributed by atoms with Crippen molar-refractivity contribution >= 4 is 40.9 Å². The average Bonchev–Trinajstić information content (AvgIpc) is 2.34. The summed E-state index contributed by atoms with van der Waals surface area (Å²) in [6.07, 6.45) is -0.116. The molecule has 2 N–H and O–H groups in total. The number of halogens is 2. The molecule has 2 amide bonds. The smallest absolute Gasteiger partial charge is 0.322 e. The van der Waals surface area contributed by atoms with Crippen molar-refractivity contribution in [2.45, 2.75) is 26.3 Å². The predicted octanol–water partition coefficient (Wildman–Crippen LogP) is 3.71. The molecule has 0 radical (unpaired) electrons. The number of benzene rings is 1. The minimum atomic E-state index is -0.954. The molecule has 0 fully saturated rings. The number of carbonyl (C=O) groups excluding carboxylic acids is 1. The Morgan fingerprint density at radius 2 is 2.00 bits per heavy atom. The molecule has 0 aliphatic heterocycles. The number of nitrogens with one attached hydrogen (secondary N) is 1. The number of rotatable bonds is 5. The Morgan fingerprint density at radius 3 is 2.55 bits per heavy atom. The van der Waals surface area contributed by atoms with Gasteiger partial charge in [-0.25, -0.2) is 4.79 Å². The lowest BCUT2D eigenvalue weighted by Crippen LogP contribution is -2.41. The predicted molar refractivity (Wildman–Crippen MR) is 79.6 cm³/mol. The summed E-state index contributed by atoms with van der Waals surface area (Å²) in [5, 5.41) is 11.9. The van der Waals surface area contributed by atoms with Gasteiger partial charge in [0, 0.05) is 12.6 Å². The second-order valence-corrected chi connectivity index (χ2v) is 5.25. The van der Waals surface area contributed by atoms with Crippen LogP contribution in [0.3, 0.4) is 0 Å². The van der Waals surface area contributed by atoms with Gasteiger partial charge in [0.2, 0.25) is 0 Å². The van der Waals surface area contributed by atoms with E-state index in [9.17, 15) is 9.59 Å². The van der Waals surface area contributed by atoms with Crippen molar-refractivity contribution in [2.75, 3.05) is 11.9 Å². The molecule has 0 bridgehead atoms. The van der Waals surface area contributed by atoms with Crippen LogP contribution in [-0.4, -0.2) is 34.6 Å². The Balaban J connectivity index is 2.80. The third kappa shape index (κ3) is 4.58. The summed E-state index contributed by atoms with van der Waals surface area (Å²) < 4.78 is 0. The lowest BCUT2D eigenvalue weighted by atomic mass is 10.3. The summed E-state index contributed by atoms with van der Waals surface area (Å²) in [5.74, 6) is -0.954. The van der Waals surface area contributed by atoms with Crippen molar-refractivity contribution in [2.24, 2.45) is 0 Å². The van der Waals surface area contributed by atoms with Crippen molar-refractivity contribution in [1.29, 1.82) is 0 Å². The molecule has 0 heterocycles. The molecule has 0 aromatic heterocycles. The highest BCUT2D eigenvalue weighted by Gasteiger charge is 2.19. The van der Waals surface area contributed by atoms with Crippen molar-refractivity contribution < 1.29 is 14.7 Å². The molecule has 0 aliphatic carbocycles. The summed E-state index contributed by atoms with van der Waals surface area (Å²) in [6.45, 7) is 3.74. The van der Waals surface area contributed by atoms with Crippen molar-refractivity contribution in [3.05, 3.63) is 28.2 Å². The van der Waals surface area contributed by atoms with Crippen LogP contribution in [0.1, 0.15) is 20.3 Å². The van der Waals surface area contributed by atoms with Crippen LogP contribution < -0.4 is 5.32 Å². The molecule has 7 heteroatoms. The Hall–Kier alpha value is -1.46. The van der Waals surface area contributed by atoms with Gasteiger partial charge in [0.05, 0.1) is 22.2 Å². The van der Waals surface area contributed by atoms with Gasteiger partial charge in [-0.1, -0.05) is 29.3 Å². The van der Waals surface area contributed by atoms with Crippen LogP contribution >= 0.6 is 23.2 Å². The average molecular weight is 319 g/mol. The lowest BCUT2D eigenvalue weighted by molar-refractivity contribution is -0.137. The zero-order valence-electron chi connectivity index (χ0n) is 11.2. The fourth-order valence-electron chi connectivity index (χ4n) is 1.60. The quantitative estimate of drug-likeness (QED) is 0.869. The second kappa shape index (κ2) is 7.36. The molecule has 110 valence electrons. The molecule has 0 saturated carbocycles. The van der Waals surface area contributed by atoms with E-state index < -0.39 is 12.0 Å². The van der Waals surface area contributed by atoms with Gasteiger partial charge in [-0.15, -0.1) is 0 Å². The molecular weight excluding hydrogens is 303 g/mol. The molecule has 20 heavy (non-hydrogen) atoms. The van der Waals surface area contributed by atoms with Gasteiger partial charge >= 0.3 is 12.0 Å². The maximum Gasteiger partial charge on any atom is 0.322 e. The number of aliphatic carboxylic acids is 1. The Labute approximate surface area is 127 Å². The molecule has 1 rings (SSSR count). The van der Waals surface area contributed by atoms with Gasteiger partial charge in [0.1, 0.15) is 0 Å². The van der Waals surface area contributed by atoms with E-state index >= 15 is 0 Å². The van der Waals surface area contributed by atoms with Gasteiger partial charge in [0.15, 0.2) is 0 Å². The number of hydrogen-bond donors (Lipinski definition) is 2. The highest BCUT2D eigenvalue weighted by molar-refractivity contribution is 6.43. The zero-order valence-corrected chi connectivity index (χ0v) is 12.7. The van der Waals surface area contributed by atoms with Crippen LogP contribution in [0, 0.1) is 0 Å². The number of amides is 2. The highest BCUT2D eigenvalue weighted by atomic mass is 35.5. The van der Waals surface area contributed by atoms with Gasteiger partial charge < -0.3 is 15.3 Å². The number of urea groups is 1. The van der Waals surface area contributed by atoms with E-state index in [4.69, 9.17) is 28.3 Å². The van der Waals surface area contributed by atoms with Gasteiger partial charge in [0.25, 0.3) is 0 Å². The van der Waals surface area contributed by atoms with Crippen molar-refractivity contribution in [3.8, 4) is 0 Å². The second-order valence-electron chi connectivity index (χ2n) is 4.46. The first-order valence-electron chi connectivity index (χ1n) is 6.06. The van der Waals surface area contributed by atoms with Crippen molar-refractivity contribution in [1.82, 2.24) is 4.90 Å². The van der Waals surface area contributed by atoms with E-state index in [1.807, 2.05) is 0 Å². The number of hydrogen-bond acceptors (Lipinski definition) is 2. The Bertz CT molecular complexity index is 506. The molecule has 0 aliphatic rings. The summed E-state index contributed by atoms with van der Waals surface area (Å²) in [7, 11) is 0. The van der Waals surface area contributed by atoms with E-state index in [1.165, 1.54) is 4.90 Å². The third-order valence-electron chi connectivity index (χ3n) is 2.64. The number of nitrogens with zero attached hydrogens (tertiary/aromatic N) is 1. The summed E-state index contributed by atoms with van der Waals surface area (Å²) in [4.78, 5) is 24.2. The molecular formula is C13H16Cl2N2O3. The fourth-order valence-corrected chi connectivity index (χ4v) is 1.95. The lowest BCUT2D eigenvalue weighted by Gasteiger charge is -2.26. The summed E-state index contributed by atoms with van der Waals surface area (Å²) in [5.41, 5.74) is 0.394. The maximum absolute atomic E-state index is 12.2. The van der Waals surface area contributed by atoms with Gasteiger partial charge in [-0.05, 0) is 26.0 Å². The van der Waals surface area contributed by atoms with Crippen molar-refractivity contribution in [3.63, 3.8) is 0 Å². The van der Waals surface area contributed by atoms with Crippen LogP contribution in [0.4, 0.5) is 10.5 Å². The number of carboxylic acids is 1. The number of anilines is 1. The summed E-state index contributed by atoms with van der Waals surface area (Å²) >= 11 is 11.9. The molecule has 1 aromatic rings. The molecule has 0 saturated heterocycles. The van der Waals surface area contributed by atoms with Gasteiger partial charge in [-0.3, -0.25) is 4.79 Å².